The Kier molecular flexibility index (Phi) is 6.57. The van der Waals surface area contributed by atoms with E-state index in [2.05, 4.69) is 4.74 Å². The smallest absolute Gasteiger partial charge is 0.416 e. The third-order valence-corrected chi connectivity index (χ3v) is 5.03. The number of allylic oxidation sites excluding steroid dienone is 1. The van der Waals surface area contributed by atoms with Crippen molar-refractivity contribution in [3.8, 4) is 0 Å². The summed E-state index contributed by atoms with van der Waals surface area (Å²) in [5.74, 6) is -1.45. The van der Waals surface area contributed by atoms with Gasteiger partial charge in [0.25, 0.3) is 5.56 Å². The van der Waals surface area contributed by atoms with Gasteiger partial charge in [-0.15, -0.1) is 0 Å². The van der Waals surface area contributed by atoms with Crippen LogP contribution in [0.3, 0.4) is 0 Å². The average molecular weight is 451 g/mol. The molecule has 0 aliphatic rings. The number of nitrogens with zero attached hydrogens (tertiary/aromatic N) is 1. The number of aryl methyl sites for hydroxylation is 2. The summed E-state index contributed by atoms with van der Waals surface area (Å²) < 4.78 is 65.0. The molecule has 0 spiro atoms. The van der Waals surface area contributed by atoms with Crippen LogP contribution in [0.4, 0.5) is 17.6 Å². The van der Waals surface area contributed by atoms with Crippen molar-refractivity contribution in [3.63, 3.8) is 0 Å². The van der Waals surface area contributed by atoms with Crippen LogP contribution in [-0.4, -0.2) is 17.8 Å². The summed E-state index contributed by atoms with van der Waals surface area (Å²) in [4.78, 5) is 23.8. The first-order chi connectivity index (χ1) is 15.0. The minimum Gasteiger partial charge on any atom is -0.469 e. The molecule has 3 aromatic rings. The molecule has 0 saturated carbocycles. The minimum atomic E-state index is -4.73. The minimum absolute atomic E-state index is 0.00876. The van der Waals surface area contributed by atoms with Crippen LogP contribution in [0.5, 0.6) is 0 Å². The Bertz CT molecular complexity index is 1250. The number of aromatic nitrogens is 1. The van der Waals surface area contributed by atoms with E-state index >= 15 is 0 Å². The molecule has 5 nitrogen and oxygen atoms in total. The molecule has 0 N–H and O–H groups in total. The van der Waals surface area contributed by atoms with Gasteiger partial charge >= 0.3 is 12.1 Å². The highest BCUT2D eigenvalue weighted by Crippen LogP contribution is 2.35. The van der Waals surface area contributed by atoms with Crippen LogP contribution in [0.25, 0.3) is 16.5 Å². The van der Waals surface area contributed by atoms with Gasteiger partial charge in [-0.25, -0.2) is 4.39 Å². The van der Waals surface area contributed by atoms with Gasteiger partial charge in [-0.1, -0.05) is 6.08 Å². The number of esters is 1. The number of carbonyl (C=O) groups is 1. The van der Waals surface area contributed by atoms with Crippen LogP contribution in [0.2, 0.25) is 0 Å². The van der Waals surface area contributed by atoms with Crippen molar-refractivity contribution in [1.29, 1.82) is 0 Å². The number of fused-ring (bicyclic) bond motifs is 1. The highest BCUT2D eigenvalue weighted by Gasteiger charge is 2.31. The average Bonchev–Trinajstić information content (AvgIpc) is 3.01. The van der Waals surface area contributed by atoms with Crippen molar-refractivity contribution >= 4 is 22.5 Å². The number of rotatable bonds is 6. The van der Waals surface area contributed by atoms with Crippen LogP contribution in [0.15, 0.2) is 45.7 Å². The lowest BCUT2D eigenvalue weighted by Gasteiger charge is -2.14. The van der Waals surface area contributed by atoms with Crippen molar-refractivity contribution in [2.24, 2.45) is 7.05 Å². The zero-order valence-corrected chi connectivity index (χ0v) is 17.7. The second kappa shape index (κ2) is 9.02. The van der Waals surface area contributed by atoms with Crippen molar-refractivity contribution in [1.82, 2.24) is 4.74 Å². The van der Waals surface area contributed by atoms with Crippen molar-refractivity contribution in [2.75, 3.05) is 7.11 Å². The van der Waals surface area contributed by atoms with Crippen LogP contribution >= 0.6 is 0 Å². The SMILES string of the molecule is COC(=O)CCC/C=C(\c1cc(F)cc(C(F)(F)F)c1)c1cc(C)c2on(C)c(=O)c2c1. The second-order valence-corrected chi connectivity index (χ2v) is 7.38. The molecule has 0 unspecified atom stereocenters. The molecule has 0 radical (unpaired) electrons. The predicted octanol–water partition coefficient (Wildman–Crippen LogP) is 5.37. The molecule has 1 heterocycles. The summed E-state index contributed by atoms with van der Waals surface area (Å²) in [5, 5.41) is 0.260. The third-order valence-electron chi connectivity index (χ3n) is 5.03. The number of carbonyl (C=O) groups excluding carboxylic acids is 1. The summed E-state index contributed by atoms with van der Waals surface area (Å²) in [5.41, 5.74) is 0.202. The monoisotopic (exact) mass is 451 g/mol. The van der Waals surface area contributed by atoms with Crippen LogP contribution in [0, 0.1) is 12.7 Å². The highest BCUT2D eigenvalue weighted by atomic mass is 19.4. The molecule has 0 fully saturated rings. The van der Waals surface area contributed by atoms with Gasteiger partial charge in [-0.2, -0.15) is 17.9 Å². The lowest BCUT2D eigenvalue weighted by molar-refractivity contribution is -0.140. The van der Waals surface area contributed by atoms with E-state index in [0.717, 1.165) is 16.9 Å². The molecular weight excluding hydrogens is 430 g/mol. The summed E-state index contributed by atoms with van der Waals surface area (Å²) in [6.45, 7) is 1.70. The summed E-state index contributed by atoms with van der Waals surface area (Å²) in [6, 6.07) is 5.48. The Hall–Kier alpha value is -3.36. The number of halogens is 4. The quantitative estimate of drug-likeness (QED) is 0.287. The first-order valence-corrected chi connectivity index (χ1v) is 9.77. The Labute approximate surface area is 180 Å². The number of ether oxygens (including phenoxy) is 1. The first-order valence-electron chi connectivity index (χ1n) is 9.77. The fourth-order valence-corrected chi connectivity index (χ4v) is 3.46. The van der Waals surface area contributed by atoms with Gasteiger partial charge < -0.3 is 9.26 Å². The number of alkyl halides is 3. The van der Waals surface area contributed by atoms with Crippen LogP contribution in [-0.2, 0) is 22.8 Å². The van der Waals surface area contributed by atoms with E-state index in [0.29, 0.717) is 41.2 Å². The van der Waals surface area contributed by atoms with E-state index < -0.39 is 29.1 Å². The van der Waals surface area contributed by atoms with Gasteiger partial charge in [0.1, 0.15) is 5.82 Å². The van der Waals surface area contributed by atoms with Gasteiger partial charge in [0, 0.05) is 13.5 Å². The highest BCUT2D eigenvalue weighted by molar-refractivity contribution is 5.88. The number of unbranched alkanes of at least 4 members (excludes halogenated alkanes) is 1. The maximum atomic E-state index is 14.1. The van der Waals surface area contributed by atoms with Crippen molar-refractivity contribution in [2.45, 2.75) is 32.4 Å². The normalized spacial score (nSPS) is 12.4. The molecular formula is C23H21F4NO4. The maximum Gasteiger partial charge on any atom is 0.416 e. The Morgan fingerprint density at radius 2 is 1.84 bits per heavy atom. The molecule has 32 heavy (non-hydrogen) atoms. The Morgan fingerprint density at radius 1 is 1.16 bits per heavy atom. The topological polar surface area (TPSA) is 61.4 Å². The molecule has 0 bridgehead atoms. The number of hydrogen-bond donors (Lipinski definition) is 0. The van der Waals surface area contributed by atoms with E-state index in [1.165, 1.54) is 20.2 Å². The van der Waals surface area contributed by atoms with Gasteiger partial charge in [0.15, 0.2) is 5.58 Å². The number of methoxy groups -OCH3 is 1. The molecule has 0 atom stereocenters. The second-order valence-electron chi connectivity index (χ2n) is 7.38. The van der Waals surface area contributed by atoms with Crippen LogP contribution < -0.4 is 5.56 Å². The van der Waals surface area contributed by atoms with Gasteiger partial charge in [0.2, 0.25) is 0 Å². The number of benzene rings is 2. The lowest BCUT2D eigenvalue weighted by atomic mass is 9.93. The predicted molar refractivity (Wildman–Crippen MR) is 111 cm³/mol. The molecule has 0 aliphatic carbocycles. The van der Waals surface area contributed by atoms with Crippen molar-refractivity contribution in [3.05, 3.63) is 74.8 Å². The molecule has 170 valence electrons. The fraction of sp³-hybridized carbons (Fsp3) is 0.304. The molecule has 1 aromatic heterocycles. The van der Waals surface area contributed by atoms with Crippen LogP contribution in [0.1, 0.15) is 41.5 Å². The van der Waals surface area contributed by atoms with E-state index in [4.69, 9.17) is 4.52 Å². The molecule has 9 heteroatoms. The standard InChI is InChI=1S/C23H21F4NO4/c1-13-8-14(11-19-21(13)32-28(2)22(19)30)18(6-4-5-7-20(29)31-3)15-9-16(23(25,26)27)12-17(24)10-15/h6,8-12H,4-5,7H2,1-3H3/b18-6-. The zero-order valence-electron chi connectivity index (χ0n) is 17.7. The Balaban J connectivity index is 2.15. The van der Waals surface area contributed by atoms with E-state index in [9.17, 15) is 27.2 Å². The van der Waals surface area contributed by atoms with Gasteiger partial charge in [0.05, 0.1) is 18.1 Å². The van der Waals surface area contributed by atoms with Gasteiger partial charge in [-0.3, -0.25) is 9.59 Å². The molecule has 0 amide bonds. The third kappa shape index (κ3) is 4.92. The van der Waals surface area contributed by atoms with E-state index in [1.54, 1.807) is 19.1 Å². The van der Waals surface area contributed by atoms with Gasteiger partial charge in [-0.05, 0) is 72.4 Å². The molecule has 2 aromatic carbocycles. The largest absolute Gasteiger partial charge is 0.469 e. The zero-order chi connectivity index (χ0) is 23.6. The lowest BCUT2D eigenvalue weighted by Crippen LogP contribution is -2.09. The molecule has 3 rings (SSSR count). The molecule has 0 aliphatic heterocycles. The summed E-state index contributed by atoms with van der Waals surface area (Å²) in [7, 11) is 2.71. The summed E-state index contributed by atoms with van der Waals surface area (Å²) >= 11 is 0. The number of hydrogen-bond acceptors (Lipinski definition) is 4. The Morgan fingerprint density at radius 3 is 2.50 bits per heavy atom. The molecule has 0 saturated heterocycles. The maximum absolute atomic E-state index is 14.1. The summed E-state index contributed by atoms with van der Waals surface area (Å²) in [6.07, 6.45) is -2.27. The van der Waals surface area contributed by atoms with Crippen molar-refractivity contribution < 1.29 is 31.6 Å². The van der Waals surface area contributed by atoms with E-state index in [1.807, 2.05) is 0 Å². The van der Waals surface area contributed by atoms with E-state index in [-0.39, 0.29) is 17.4 Å². The fourth-order valence-electron chi connectivity index (χ4n) is 3.46. The first kappa shape index (κ1) is 23.3.